The van der Waals surface area contributed by atoms with Crippen molar-refractivity contribution in [2.75, 3.05) is 80.0 Å². The van der Waals surface area contributed by atoms with Gasteiger partial charge in [0.15, 0.2) is 0 Å². The van der Waals surface area contributed by atoms with Crippen molar-refractivity contribution >= 4 is 85.4 Å². The summed E-state index contributed by atoms with van der Waals surface area (Å²) in [6.45, 7) is 2.58. The van der Waals surface area contributed by atoms with Gasteiger partial charge in [-0.05, 0) is 56.6 Å². The van der Waals surface area contributed by atoms with Crippen LogP contribution in [0, 0.1) is 0 Å². The predicted molar refractivity (Wildman–Crippen MR) is 199 cm³/mol. The maximum absolute atomic E-state index is 13.2. The van der Waals surface area contributed by atoms with Crippen LogP contribution in [-0.2, 0) is 0 Å². The predicted octanol–water partition coefficient (Wildman–Crippen LogP) is 7.36. The fourth-order valence-electron chi connectivity index (χ4n) is 5.35. The van der Waals surface area contributed by atoms with Gasteiger partial charge in [0, 0.05) is 83.6 Å². The third kappa shape index (κ3) is 8.57. The van der Waals surface area contributed by atoms with Crippen molar-refractivity contribution in [3.05, 3.63) is 90.5 Å². The number of pyridine rings is 1. The Morgan fingerprint density at radius 1 is 0.792 bits per heavy atom. The molecule has 0 aliphatic rings. The summed E-state index contributed by atoms with van der Waals surface area (Å²) < 4.78 is 5.58. The van der Waals surface area contributed by atoms with Crippen molar-refractivity contribution in [1.29, 1.82) is 0 Å². The number of hydrogen-bond donors (Lipinski definition) is 4. The maximum Gasteiger partial charge on any atom is 0.323 e. The second-order valence-corrected chi connectivity index (χ2v) is 12.1. The SMILES string of the molecule is COc1cc(NC(=O)Nc2ccc(N(CCCl)CCCl)cc2)cc(Nc2c3ccccc3nc3c(C(=O)NCCN(C)C)cccc23)c1. The molecule has 0 radical (unpaired) electrons. The molecule has 0 bridgehead atoms. The van der Waals surface area contributed by atoms with Crippen LogP contribution in [0.15, 0.2) is 84.9 Å². The fourth-order valence-corrected chi connectivity index (χ4v) is 5.76. The average molecular weight is 689 g/mol. The van der Waals surface area contributed by atoms with E-state index in [0.29, 0.717) is 65.3 Å². The molecule has 12 heteroatoms. The molecular weight excluding hydrogens is 649 g/mol. The first-order valence-corrected chi connectivity index (χ1v) is 16.6. The molecule has 5 aromatic rings. The quantitative estimate of drug-likeness (QED) is 0.0713. The Labute approximate surface area is 290 Å². The molecule has 1 heterocycles. The second kappa shape index (κ2) is 16.4. The number of aromatic nitrogens is 1. The number of likely N-dealkylation sites (N-methyl/N-ethyl adjacent to an activating group) is 1. The van der Waals surface area contributed by atoms with Crippen molar-refractivity contribution in [1.82, 2.24) is 15.2 Å². The molecule has 250 valence electrons. The minimum atomic E-state index is -0.412. The van der Waals surface area contributed by atoms with Crippen molar-refractivity contribution in [3.8, 4) is 5.75 Å². The van der Waals surface area contributed by atoms with Gasteiger partial charge in [0.1, 0.15) is 5.75 Å². The number of benzene rings is 4. The number of carbonyl (C=O) groups is 2. The molecule has 4 aromatic carbocycles. The Morgan fingerprint density at radius 2 is 1.48 bits per heavy atom. The Hall–Kier alpha value is -4.77. The summed E-state index contributed by atoms with van der Waals surface area (Å²) in [5, 5.41) is 14.0. The van der Waals surface area contributed by atoms with E-state index in [9.17, 15) is 9.59 Å². The summed E-state index contributed by atoms with van der Waals surface area (Å²) in [6.07, 6.45) is 0. The summed E-state index contributed by atoms with van der Waals surface area (Å²) in [5.74, 6) is 1.33. The van der Waals surface area contributed by atoms with Gasteiger partial charge in [-0.3, -0.25) is 4.79 Å². The third-order valence-corrected chi connectivity index (χ3v) is 8.01. The molecule has 4 N–H and O–H groups in total. The molecule has 0 saturated carbocycles. The van der Waals surface area contributed by atoms with E-state index < -0.39 is 6.03 Å². The highest BCUT2D eigenvalue weighted by atomic mass is 35.5. The number of anilines is 5. The number of para-hydroxylation sites is 2. The van der Waals surface area contributed by atoms with Gasteiger partial charge in [-0.1, -0.05) is 30.3 Å². The lowest BCUT2D eigenvalue weighted by Gasteiger charge is -2.23. The Balaban J connectivity index is 1.40. The fraction of sp³-hybridized carbons (Fsp3) is 0.250. The summed E-state index contributed by atoms with van der Waals surface area (Å²) in [5.41, 5.74) is 5.38. The number of fused-ring (bicyclic) bond motifs is 2. The lowest BCUT2D eigenvalue weighted by Crippen LogP contribution is -2.31. The molecular formula is C36H39Cl2N7O3. The first kappa shape index (κ1) is 34.6. The van der Waals surface area contributed by atoms with Crippen LogP contribution >= 0.6 is 23.2 Å². The van der Waals surface area contributed by atoms with Gasteiger partial charge >= 0.3 is 6.03 Å². The normalized spacial score (nSPS) is 11.0. The molecule has 0 atom stereocenters. The largest absolute Gasteiger partial charge is 0.497 e. The Bertz CT molecular complexity index is 1880. The molecule has 48 heavy (non-hydrogen) atoms. The van der Waals surface area contributed by atoms with Crippen molar-refractivity contribution in [2.45, 2.75) is 0 Å². The lowest BCUT2D eigenvalue weighted by atomic mass is 10.0. The number of nitrogens with one attached hydrogen (secondary N) is 4. The number of hydrogen-bond acceptors (Lipinski definition) is 7. The van der Waals surface area contributed by atoms with Crippen LogP contribution in [0.25, 0.3) is 21.8 Å². The van der Waals surface area contributed by atoms with Crippen molar-refractivity contribution < 1.29 is 14.3 Å². The summed E-state index contributed by atoms with van der Waals surface area (Å²) in [4.78, 5) is 35.3. The van der Waals surface area contributed by atoms with Gasteiger partial charge in [0.25, 0.3) is 5.91 Å². The topological polar surface area (TPSA) is 111 Å². The molecule has 5 rings (SSSR count). The number of rotatable bonds is 14. The highest BCUT2D eigenvalue weighted by Crippen LogP contribution is 2.36. The van der Waals surface area contributed by atoms with Gasteiger partial charge in [-0.15, -0.1) is 23.2 Å². The van der Waals surface area contributed by atoms with Crippen LogP contribution in [0.3, 0.4) is 0 Å². The van der Waals surface area contributed by atoms with E-state index in [1.807, 2.05) is 91.8 Å². The highest BCUT2D eigenvalue weighted by Gasteiger charge is 2.17. The average Bonchev–Trinajstić information content (AvgIpc) is 3.07. The van der Waals surface area contributed by atoms with Gasteiger partial charge in [0.05, 0.1) is 29.4 Å². The minimum absolute atomic E-state index is 0.187. The minimum Gasteiger partial charge on any atom is -0.497 e. The smallest absolute Gasteiger partial charge is 0.323 e. The first-order valence-electron chi connectivity index (χ1n) is 15.5. The molecule has 10 nitrogen and oxygen atoms in total. The molecule has 0 saturated heterocycles. The van der Waals surface area contributed by atoms with E-state index in [0.717, 1.165) is 34.2 Å². The third-order valence-electron chi connectivity index (χ3n) is 7.67. The van der Waals surface area contributed by atoms with Crippen molar-refractivity contribution in [3.63, 3.8) is 0 Å². The molecule has 0 fully saturated rings. The Morgan fingerprint density at radius 3 is 2.19 bits per heavy atom. The van der Waals surface area contributed by atoms with Crippen LogP contribution in [0.2, 0.25) is 0 Å². The van der Waals surface area contributed by atoms with Crippen molar-refractivity contribution in [2.24, 2.45) is 0 Å². The summed E-state index contributed by atoms with van der Waals surface area (Å²) in [6, 6.07) is 25.8. The van der Waals surface area contributed by atoms with Crippen LogP contribution in [-0.4, -0.2) is 81.0 Å². The van der Waals surface area contributed by atoms with Gasteiger partial charge < -0.3 is 35.8 Å². The zero-order valence-electron chi connectivity index (χ0n) is 27.1. The van der Waals surface area contributed by atoms with Gasteiger partial charge in [-0.25, -0.2) is 9.78 Å². The molecule has 1 aromatic heterocycles. The first-order chi connectivity index (χ1) is 23.3. The molecule has 0 spiro atoms. The number of nitrogens with zero attached hydrogens (tertiary/aromatic N) is 3. The monoisotopic (exact) mass is 687 g/mol. The number of methoxy groups -OCH3 is 1. The van der Waals surface area contributed by atoms with Crippen LogP contribution in [0.4, 0.5) is 33.2 Å². The molecule has 0 aliphatic heterocycles. The van der Waals surface area contributed by atoms with E-state index >= 15 is 0 Å². The van der Waals surface area contributed by atoms with Crippen LogP contribution in [0.5, 0.6) is 5.75 Å². The van der Waals surface area contributed by atoms with E-state index in [1.165, 1.54) is 0 Å². The summed E-state index contributed by atoms with van der Waals surface area (Å²) in [7, 11) is 5.49. The lowest BCUT2D eigenvalue weighted by molar-refractivity contribution is 0.0952. The van der Waals surface area contributed by atoms with Gasteiger partial charge in [0.2, 0.25) is 0 Å². The van der Waals surface area contributed by atoms with E-state index in [-0.39, 0.29) is 5.91 Å². The number of halogens is 2. The number of alkyl halides is 2. The van der Waals surface area contributed by atoms with E-state index in [1.54, 1.807) is 19.2 Å². The Kier molecular flexibility index (Phi) is 11.8. The number of carbonyl (C=O) groups excluding carboxylic acids is 2. The number of urea groups is 1. The molecule has 3 amide bonds. The summed E-state index contributed by atoms with van der Waals surface area (Å²) >= 11 is 11.9. The zero-order chi connectivity index (χ0) is 34.0. The standard InChI is InChI=1S/C36H39Cl2N7O3/c1-44(2)20-17-39-35(46)31-9-6-8-30-33(29-7-4-5-10-32(29)43-34(30)31)40-25-21-26(23-28(22-25)48-3)42-36(47)41-24-11-13-27(14-12-24)45(18-15-37)19-16-38/h4-14,21-23H,15-20H2,1-3H3,(H,39,46)(H,40,43)(H2,41,42,47). The van der Waals surface area contributed by atoms with E-state index in [2.05, 4.69) is 26.2 Å². The zero-order valence-corrected chi connectivity index (χ0v) is 28.7. The van der Waals surface area contributed by atoms with Crippen LogP contribution < -0.4 is 30.9 Å². The highest BCUT2D eigenvalue weighted by molar-refractivity contribution is 6.18. The van der Waals surface area contributed by atoms with Gasteiger partial charge in [-0.2, -0.15) is 0 Å². The number of ether oxygens (including phenoxy) is 1. The van der Waals surface area contributed by atoms with Crippen LogP contribution in [0.1, 0.15) is 10.4 Å². The second-order valence-electron chi connectivity index (χ2n) is 11.3. The van der Waals surface area contributed by atoms with E-state index in [4.69, 9.17) is 32.9 Å². The molecule has 0 unspecified atom stereocenters. The maximum atomic E-state index is 13.2. The molecule has 0 aliphatic carbocycles. The number of amides is 3.